The Balaban J connectivity index is 1.82. The van der Waals surface area contributed by atoms with Crippen molar-refractivity contribution in [2.75, 3.05) is 26.3 Å². The predicted octanol–water partition coefficient (Wildman–Crippen LogP) is 2.17. The van der Waals surface area contributed by atoms with Crippen LogP contribution >= 0.6 is 0 Å². The fourth-order valence-corrected chi connectivity index (χ4v) is 3.19. The van der Waals surface area contributed by atoms with E-state index in [1.54, 1.807) is 0 Å². The minimum Gasteiger partial charge on any atom is -0.463 e. The van der Waals surface area contributed by atoms with Gasteiger partial charge in [0.25, 0.3) is 0 Å². The topological polar surface area (TPSA) is 76.7 Å². The van der Waals surface area contributed by atoms with Gasteiger partial charge < -0.3 is 20.1 Å². The van der Waals surface area contributed by atoms with Crippen LogP contribution in [-0.4, -0.2) is 38.2 Å². The van der Waals surface area contributed by atoms with Gasteiger partial charge >= 0.3 is 11.9 Å². The molecule has 0 aromatic rings. The maximum absolute atomic E-state index is 11.9. The molecule has 0 saturated heterocycles. The van der Waals surface area contributed by atoms with Crippen molar-refractivity contribution in [3.63, 3.8) is 0 Å². The number of ether oxygens (including phenoxy) is 2. The van der Waals surface area contributed by atoms with E-state index in [2.05, 4.69) is 10.6 Å². The van der Waals surface area contributed by atoms with E-state index in [1.165, 1.54) is 0 Å². The summed E-state index contributed by atoms with van der Waals surface area (Å²) in [6, 6.07) is 0. The van der Waals surface area contributed by atoms with Crippen molar-refractivity contribution in [2.45, 2.75) is 52.4 Å². The van der Waals surface area contributed by atoms with Crippen LogP contribution in [-0.2, 0) is 19.1 Å². The molecule has 0 unspecified atom stereocenters. The minimum atomic E-state index is -0.200. The van der Waals surface area contributed by atoms with Gasteiger partial charge in [-0.2, -0.15) is 0 Å². The van der Waals surface area contributed by atoms with Crippen molar-refractivity contribution in [1.29, 1.82) is 0 Å². The van der Waals surface area contributed by atoms with Crippen molar-refractivity contribution in [2.24, 2.45) is 0 Å². The molecule has 0 fully saturated rings. The van der Waals surface area contributed by atoms with Crippen LogP contribution < -0.4 is 10.6 Å². The molecular formula is C18H28N2O4. The van der Waals surface area contributed by atoms with E-state index in [9.17, 15) is 9.59 Å². The number of carbonyl (C=O) groups is 2. The van der Waals surface area contributed by atoms with Crippen molar-refractivity contribution < 1.29 is 19.1 Å². The monoisotopic (exact) mass is 336 g/mol. The molecule has 2 aliphatic carbocycles. The third-order valence-electron chi connectivity index (χ3n) is 4.28. The van der Waals surface area contributed by atoms with Crippen LogP contribution in [0.25, 0.3) is 0 Å². The zero-order chi connectivity index (χ0) is 17.4. The van der Waals surface area contributed by atoms with Crippen LogP contribution in [0.4, 0.5) is 0 Å². The lowest BCUT2D eigenvalue weighted by Crippen LogP contribution is -2.28. The van der Waals surface area contributed by atoms with Gasteiger partial charge in [-0.15, -0.1) is 0 Å². The van der Waals surface area contributed by atoms with Gasteiger partial charge in [0.05, 0.1) is 24.4 Å². The number of hydrogen-bond acceptors (Lipinski definition) is 6. The molecule has 2 aliphatic rings. The summed E-state index contributed by atoms with van der Waals surface area (Å²) in [6.45, 7) is 5.86. The second kappa shape index (κ2) is 9.35. The van der Waals surface area contributed by atoms with Gasteiger partial charge in [0.2, 0.25) is 0 Å². The zero-order valence-electron chi connectivity index (χ0n) is 14.7. The van der Waals surface area contributed by atoms with Crippen LogP contribution in [0.2, 0.25) is 0 Å². The first-order chi connectivity index (χ1) is 11.7. The molecule has 2 N–H and O–H groups in total. The Morgan fingerprint density at radius 3 is 1.58 bits per heavy atom. The summed E-state index contributed by atoms with van der Waals surface area (Å²) in [6.07, 6.45) is 5.33. The average molecular weight is 336 g/mol. The zero-order valence-corrected chi connectivity index (χ0v) is 14.7. The normalized spacial score (nSPS) is 17.2. The molecule has 2 rings (SSSR count). The van der Waals surface area contributed by atoms with Gasteiger partial charge in [-0.05, 0) is 52.4 Å². The Morgan fingerprint density at radius 1 is 0.792 bits per heavy atom. The van der Waals surface area contributed by atoms with Crippen molar-refractivity contribution in [1.82, 2.24) is 10.6 Å². The highest BCUT2D eigenvalue weighted by atomic mass is 16.5. The number of allylic oxidation sites excluding steroid dienone is 2. The third kappa shape index (κ3) is 4.76. The molecular weight excluding hydrogens is 308 g/mol. The third-order valence-corrected chi connectivity index (χ3v) is 4.28. The second-order valence-electron chi connectivity index (χ2n) is 5.92. The molecule has 0 bridgehead atoms. The summed E-state index contributed by atoms with van der Waals surface area (Å²) in [4.78, 5) is 23.8. The molecule has 0 aliphatic heterocycles. The van der Waals surface area contributed by atoms with Gasteiger partial charge in [0.1, 0.15) is 0 Å². The summed E-state index contributed by atoms with van der Waals surface area (Å²) in [5, 5.41) is 6.68. The minimum absolute atomic E-state index is 0.200. The molecule has 0 spiro atoms. The molecule has 0 aromatic carbocycles. The number of nitrogens with one attached hydrogen (secondary N) is 2. The lowest BCUT2D eigenvalue weighted by Gasteiger charge is -2.13. The Bertz CT molecular complexity index is 489. The number of carbonyl (C=O) groups excluding carboxylic acids is 2. The fourth-order valence-electron chi connectivity index (χ4n) is 3.19. The summed E-state index contributed by atoms with van der Waals surface area (Å²) in [5.41, 5.74) is 3.57. The first-order valence-electron chi connectivity index (χ1n) is 8.93. The summed E-state index contributed by atoms with van der Waals surface area (Å²) < 4.78 is 10.2. The molecule has 6 heteroatoms. The highest BCUT2D eigenvalue weighted by Gasteiger charge is 2.23. The number of rotatable bonds is 9. The number of hydrogen-bond donors (Lipinski definition) is 2. The quantitative estimate of drug-likeness (QED) is 0.496. The van der Waals surface area contributed by atoms with E-state index in [0.29, 0.717) is 26.3 Å². The maximum atomic E-state index is 11.9. The van der Waals surface area contributed by atoms with Crippen LogP contribution in [0.1, 0.15) is 52.4 Å². The predicted molar refractivity (Wildman–Crippen MR) is 91.0 cm³/mol. The molecule has 6 nitrogen and oxygen atoms in total. The highest BCUT2D eigenvalue weighted by Crippen LogP contribution is 2.26. The molecule has 0 amide bonds. The highest BCUT2D eigenvalue weighted by molar-refractivity contribution is 5.90. The summed E-state index contributed by atoms with van der Waals surface area (Å²) in [7, 11) is 0. The molecule has 0 heterocycles. The van der Waals surface area contributed by atoms with Crippen LogP contribution in [0.5, 0.6) is 0 Å². The first-order valence-corrected chi connectivity index (χ1v) is 8.93. The molecule has 0 saturated carbocycles. The molecule has 0 atom stereocenters. The summed E-state index contributed by atoms with van der Waals surface area (Å²) >= 11 is 0. The molecule has 0 aromatic heterocycles. The summed E-state index contributed by atoms with van der Waals surface area (Å²) in [5.74, 6) is -0.401. The molecule has 134 valence electrons. The second-order valence-corrected chi connectivity index (χ2v) is 5.92. The van der Waals surface area contributed by atoms with Crippen molar-refractivity contribution in [3.05, 3.63) is 22.5 Å². The van der Waals surface area contributed by atoms with Gasteiger partial charge in [-0.1, -0.05) is 0 Å². The SMILES string of the molecule is CCOC(=O)C1=C(NCCNC2=C(C(=O)OCC)CCC2)CCC1. The van der Waals surface area contributed by atoms with Crippen molar-refractivity contribution in [3.8, 4) is 0 Å². The fraction of sp³-hybridized carbons (Fsp3) is 0.667. The van der Waals surface area contributed by atoms with Gasteiger partial charge in [0, 0.05) is 24.5 Å². The Kier molecular flexibility index (Phi) is 7.15. The van der Waals surface area contributed by atoms with Gasteiger partial charge in [-0.25, -0.2) is 9.59 Å². The molecule has 24 heavy (non-hydrogen) atoms. The van der Waals surface area contributed by atoms with Gasteiger partial charge in [0.15, 0.2) is 0 Å². The van der Waals surface area contributed by atoms with E-state index in [0.717, 1.165) is 61.1 Å². The van der Waals surface area contributed by atoms with E-state index >= 15 is 0 Å². The standard InChI is InChI=1S/C18H28N2O4/c1-3-23-17(21)13-7-5-9-15(13)19-11-12-20-16-10-6-8-14(16)18(22)24-4-2/h19-20H,3-12H2,1-2H3. The van der Waals surface area contributed by atoms with E-state index in [1.807, 2.05) is 13.8 Å². The number of esters is 2. The van der Waals surface area contributed by atoms with Crippen LogP contribution in [0.3, 0.4) is 0 Å². The van der Waals surface area contributed by atoms with Crippen LogP contribution in [0.15, 0.2) is 22.5 Å². The largest absolute Gasteiger partial charge is 0.463 e. The lowest BCUT2D eigenvalue weighted by molar-refractivity contribution is -0.139. The Labute approximate surface area is 143 Å². The van der Waals surface area contributed by atoms with E-state index in [-0.39, 0.29) is 11.9 Å². The Morgan fingerprint density at radius 2 is 1.21 bits per heavy atom. The average Bonchev–Trinajstić information content (AvgIpc) is 3.21. The van der Waals surface area contributed by atoms with E-state index < -0.39 is 0 Å². The van der Waals surface area contributed by atoms with Crippen molar-refractivity contribution >= 4 is 11.9 Å². The molecule has 0 radical (unpaired) electrons. The van der Waals surface area contributed by atoms with Crippen LogP contribution in [0, 0.1) is 0 Å². The smallest absolute Gasteiger partial charge is 0.335 e. The van der Waals surface area contributed by atoms with E-state index in [4.69, 9.17) is 9.47 Å². The Hall–Kier alpha value is -1.98. The maximum Gasteiger partial charge on any atom is 0.335 e. The first kappa shape index (κ1) is 18.4. The lowest BCUT2D eigenvalue weighted by atomic mass is 10.2. The van der Waals surface area contributed by atoms with Gasteiger partial charge in [-0.3, -0.25) is 0 Å².